The maximum absolute atomic E-state index is 11.2. The van der Waals surface area contributed by atoms with Crippen molar-refractivity contribution in [1.29, 1.82) is 0 Å². The maximum Gasteiger partial charge on any atom is 0.345 e. The largest absolute Gasteiger partial charge is 0.480 e. The standard InChI is InChI=1S/C21H39O6P/c1-2-3-4-5-6-7-8-9-10-11-12-13-14-15-16-28-18(21(26)27)17(19(22)23)20(24)25/h17-18,28H,2-16H2,1H3,(H,22,23)(H,24,25)(H,26,27)/p+1. The van der Waals surface area contributed by atoms with E-state index in [4.69, 9.17) is 15.3 Å². The van der Waals surface area contributed by atoms with Crippen LogP contribution in [-0.2, 0) is 14.4 Å². The molecule has 0 saturated carbocycles. The summed E-state index contributed by atoms with van der Waals surface area (Å²) >= 11 is 0. The lowest BCUT2D eigenvalue weighted by Crippen LogP contribution is -2.37. The summed E-state index contributed by atoms with van der Waals surface area (Å²) in [5.41, 5.74) is -1.28. The number of unbranched alkanes of at least 4 members (excludes halogenated alkanes) is 13. The Hall–Kier alpha value is -1.16. The van der Waals surface area contributed by atoms with Gasteiger partial charge in [-0.25, -0.2) is 4.79 Å². The lowest BCUT2D eigenvalue weighted by molar-refractivity contribution is -0.158. The summed E-state index contributed by atoms with van der Waals surface area (Å²) in [6.45, 7) is 2.24. The van der Waals surface area contributed by atoms with Crippen molar-refractivity contribution in [1.82, 2.24) is 0 Å². The molecule has 7 heteroatoms. The summed E-state index contributed by atoms with van der Waals surface area (Å²) in [5, 5.41) is 27.1. The monoisotopic (exact) mass is 419 g/mol. The number of carboxylic acids is 3. The summed E-state index contributed by atoms with van der Waals surface area (Å²) in [6.07, 6.45) is 18.1. The molecule has 164 valence electrons. The van der Waals surface area contributed by atoms with E-state index in [1.165, 1.54) is 70.6 Å². The van der Waals surface area contributed by atoms with Crippen molar-refractivity contribution in [3.8, 4) is 0 Å². The van der Waals surface area contributed by atoms with Gasteiger partial charge in [-0.1, -0.05) is 84.0 Å². The second kappa shape index (κ2) is 17.9. The van der Waals surface area contributed by atoms with Crippen LogP contribution >= 0.6 is 8.58 Å². The topological polar surface area (TPSA) is 112 Å². The molecule has 0 bridgehead atoms. The van der Waals surface area contributed by atoms with E-state index in [0.29, 0.717) is 6.16 Å². The molecule has 0 fully saturated rings. The lowest BCUT2D eigenvalue weighted by Gasteiger charge is -2.12. The van der Waals surface area contributed by atoms with E-state index in [2.05, 4.69) is 6.92 Å². The smallest absolute Gasteiger partial charge is 0.345 e. The van der Waals surface area contributed by atoms with Crippen LogP contribution in [0.5, 0.6) is 0 Å². The van der Waals surface area contributed by atoms with Gasteiger partial charge in [0.15, 0.2) is 5.66 Å². The third kappa shape index (κ3) is 13.9. The highest BCUT2D eigenvalue weighted by Crippen LogP contribution is 2.28. The van der Waals surface area contributed by atoms with Crippen molar-refractivity contribution < 1.29 is 29.7 Å². The Morgan fingerprint density at radius 1 is 0.607 bits per heavy atom. The molecular weight excluding hydrogens is 379 g/mol. The fourth-order valence-electron chi connectivity index (χ4n) is 3.43. The van der Waals surface area contributed by atoms with Gasteiger partial charge in [-0.2, -0.15) is 0 Å². The highest BCUT2D eigenvalue weighted by Gasteiger charge is 2.43. The van der Waals surface area contributed by atoms with Gasteiger partial charge in [0.1, 0.15) is 0 Å². The average molecular weight is 420 g/mol. The molecule has 0 aromatic heterocycles. The highest BCUT2D eigenvalue weighted by molar-refractivity contribution is 7.40. The Balaban J connectivity index is 3.63. The molecule has 0 aliphatic heterocycles. The Kier molecular flexibility index (Phi) is 17.2. The van der Waals surface area contributed by atoms with Crippen molar-refractivity contribution in [3.63, 3.8) is 0 Å². The van der Waals surface area contributed by atoms with Crippen LogP contribution in [0.3, 0.4) is 0 Å². The Bertz CT molecular complexity index is 427. The molecule has 0 spiro atoms. The summed E-state index contributed by atoms with van der Waals surface area (Å²) in [6, 6.07) is 0. The van der Waals surface area contributed by atoms with E-state index in [9.17, 15) is 14.4 Å². The van der Waals surface area contributed by atoms with Gasteiger partial charge >= 0.3 is 17.9 Å². The summed E-state index contributed by atoms with van der Waals surface area (Å²) in [4.78, 5) is 33.3. The molecule has 3 N–H and O–H groups in total. The van der Waals surface area contributed by atoms with Crippen molar-refractivity contribution in [2.45, 2.75) is 102 Å². The van der Waals surface area contributed by atoms with Crippen LogP contribution in [0.15, 0.2) is 0 Å². The van der Waals surface area contributed by atoms with Gasteiger partial charge in [-0.15, -0.1) is 0 Å². The van der Waals surface area contributed by atoms with Gasteiger partial charge in [0.05, 0.1) is 6.16 Å². The lowest BCUT2D eigenvalue weighted by atomic mass is 10.0. The minimum atomic E-state index is -1.83. The van der Waals surface area contributed by atoms with Crippen molar-refractivity contribution in [2.24, 2.45) is 5.92 Å². The van der Waals surface area contributed by atoms with Gasteiger partial charge in [0.25, 0.3) is 0 Å². The van der Waals surface area contributed by atoms with Crippen molar-refractivity contribution in [3.05, 3.63) is 0 Å². The van der Waals surface area contributed by atoms with Crippen LogP contribution in [0.4, 0.5) is 0 Å². The number of aliphatic carboxylic acids is 3. The molecule has 0 aromatic rings. The number of carbonyl (C=O) groups is 3. The number of carboxylic acid groups (broad SMARTS) is 3. The Morgan fingerprint density at radius 3 is 1.29 bits per heavy atom. The van der Waals surface area contributed by atoms with E-state index in [1.807, 2.05) is 0 Å². The van der Waals surface area contributed by atoms with Gasteiger partial charge < -0.3 is 15.3 Å². The molecule has 6 nitrogen and oxygen atoms in total. The fourth-order valence-corrected chi connectivity index (χ4v) is 5.12. The minimum absolute atomic E-state index is 0.631. The first-order valence-electron chi connectivity index (χ1n) is 10.9. The summed E-state index contributed by atoms with van der Waals surface area (Å²) in [5.74, 6) is -6.27. The zero-order valence-electron chi connectivity index (χ0n) is 17.4. The quantitative estimate of drug-likeness (QED) is 0.143. The number of hydrogen-bond acceptors (Lipinski definition) is 3. The van der Waals surface area contributed by atoms with Crippen LogP contribution in [0.2, 0.25) is 0 Å². The number of hydrogen-bond donors (Lipinski definition) is 3. The molecule has 0 amide bonds. The molecule has 0 rings (SSSR count). The molecule has 0 aromatic carbocycles. The van der Waals surface area contributed by atoms with Gasteiger partial charge in [0.2, 0.25) is 5.92 Å². The summed E-state index contributed by atoms with van der Waals surface area (Å²) < 4.78 is 0. The summed E-state index contributed by atoms with van der Waals surface area (Å²) in [7, 11) is -0.729. The molecule has 2 atom stereocenters. The van der Waals surface area contributed by atoms with E-state index < -0.39 is 38.1 Å². The molecule has 0 aliphatic rings. The molecular formula is C21H40O6P+. The second-order valence-corrected chi connectivity index (χ2v) is 9.41. The average Bonchev–Trinajstić information content (AvgIpc) is 2.62. The van der Waals surface area contributed by atoms with E-state index in [-0.39, 0.29) is 0 Å². The number of rotatable bonds is 20. The van der Waals surface area contributed by atoms with Gasteiger partial charge in [-0.3, -0.25) is 9.59 Å². The van der Waals surface area contributed by atoms with Crippen LogP contribution in [-0.4, -0.2) is 45.0 Å². The van der Waals surface area contributed by atoms with Crippen LogP contribution < -0.4 is 0 Å². The van der Waals surface area contributed by atoms with Crippen molar-refractivity contribution >= 4 is 26.5 Å². The van der Waals surface area contributed by atoms with Crippen molar-refractivity contribution in [2.75, 3.05) is 6.16 Å². The third-order valence-electron chi connectivity index (χ3n) is 5.15. The van der Waals surface area contributed by atoms with Gasteiger partial charge in [-0.05, 0) is 12.8 Å². The van der Waals surface area contributed by atoms with Crippen LogP contribution in [0.1, 0.15) is 96.8 Å². The molecule has 0 saturated heterocycles. The molecule has 2 unspecified atom stereocenters. The van der Waals surface area contributed by atoms with Gasteiger partial charge in [0, 0.05) is 8.58 Å². The predicted octanol–water partition coefficient (Wildman–Crippen LogP) is 5.12. The normalized spacial score (nSPS) is 12.6. The van der Waals surface area contributed by atoms with Crippen LogP contribution in [0.25, 0.3) is 0 Å². The van der Waals surface area contributed by atoms with E-state index >= 15 is 0 Å². The highest BCUT2D eigenvalue weighted by atomic mass is 31.1. The van der Waals surface area contributed by atoms with E-state index in [1.54, 1.807) is 0 Å². The minimum Gasteiger partial charge on any atom is -0.480 e. The van der Waals surface area contributed by atoms with Crippen LogP contribution in [0, 0.1) is 5.92 Å². The first-order valence-corrected chi connectivity index (χ1v) is 12.4. The first-order chi connectivity index (χ1) is 13.4. The maximum atomic E-state index is 11.2. The molecule has 0 radical (unpaired) electrons. The SMILES string of the molecule is CCCCCCCCCCCCCCCC[PH2+]C(C(=O)O)C(C(=O)O)C(=O)O. The first kappa shape index (κ1) is 26.8. The molecule has 0 heterocycles. The zero-order chi connectivity index (χ0) is 21.2. The Labute approximate surface area is 171 Å². The Morgan fingerprint density at radius 2 is 0.964 bits per heavy atom. The molecule has 0 aliphatic carbocycles. The zero-order valence-corrected chi connectivity index (χ0v) is 18.6. The molecule has 28 heavy (non-hydrogen) atoms. The predicted molar refractivity (Wildman–Crippen MR) is 115 cm³/mol. The fraction of sp³-hybridized carbons (Fsp3) is 0.857. The third-order valence-corrected chi connectivity index (χ3v) is 7.07. The second-order valence-electron chi connectivity index (χ2n) is 7.64. The van der Waals surface area contributed by atoms with E-state index in [0.717, 1.165) is 19.3 Å².